The van der Waals surface area contributed by atoms with Gasteiger partial charge in [0.1, 0.15) is 12.4 Å². The summed E-state index contributed by atoms with van der Waals surface area (Å²) in [6.45, 7) is 2.24. The molecule has 0 aliphatic carbocycles. The Kier molecular flexibility index (Phi) is 6.16. The second kappa shape index (κ2) is 7.63. The highest BCUT2D eigenvalue weighted by atomic mass is 19.1. The highest BCUT2D eigenvalue weighted by Crippen LogP contribution is 2.11. The molecule has 0 aromatic heterocycles. The van der Waals surface area contributed by atoms with E-state index in [2.05, 4.69) is 17.2 Å². The van der Waals surface area contributed by atoms with E-state index < -0.39 is 5.82 Å². The minimum Gasteiger partial charge on any atom is -0.384 e. The first-order valence-electron chi connectivity index (χ1n) is 6.29. The smallest absolute Gasteiger partial charge is 0.252 e. The molecule has 5 heteroatoms. The van der Waals surface area contributed by atoms with Crippen LogP contribution in [-0.4, -0.2) is 49.2 Å². The van der Waals surface area contributed by atoms with Crippen LogP contribution in [0.4, 0.5) is 4.39 Å². The van der Waals surface area contributed by atoms with E-state index in [9.17, 15) is 9.18 Å². The Labute approximate surface area is 118 Å². The van der Waals surface area contributed by atoms with Crippen molar-refractivity contribution in [2.24, 2.45) is 0 Å². The fourth-order valence-electron chi connectivity index (χ4n) is 1.84. The number of aliphatic hydroxyl groups excluding tert-OH is 1. The number of nitrogens with zero attached hydrogens (tertiary/aromatic N) is 1. The number of amides is 1. The Morgan fingerprint density at radius 2 is 2.20 bits per heavy atom. The van der Waals surface area contributed by atoms with Gasteiger partial charge in [0, 0.05) is 18.2 Å². The second-order valence-electron chi connectivity index (χ2n) is 4.79. The zero-order valence-corrected chi connectivity index (χ0v) is 11.9. The van der Waals surface area contributed by atoms with E-state index in [-0.39, 0.29) is 24.1 Å². The first kappa shape index (κ1) is 16.2. The van der Waals surface area contributed by atoms with Gasteiger partial charge in [-0.05, 0) is 39.2 Å². The summed E-state index contributed by atoms with van der Waals surface area (Å²) in [5.41, 5.74) is 0.576. The molecule has 1 aromatic carbocycles. The lowest BCUT2D eigenvalue weighted by Gasteiger charge is -2.18. The first-order chi connectivity index (χ1) is 9.43. The van der Waals surface area contributed by atoms with Gasteiger partial charge in [-0.1, -0.05) is 11.8 Å². The molecular formula is C15H19FN2O2. The Hall–Kier alpha value is -1.90. The van der Waals surface area contributed by atoms with E-state index in [1.54, 1.807) is 0 Å². The molecule has 0 aliphatic heterocycles. The minimum atomic E-state index is -0.495. The molecule has 1 rings (SSSR count). The van der Waals surface area contributed by atoms with Crippen molar-refractivity contribution in [1.82, 2.24) is 10.2 Å². The van der Waals surface area contributed by atoms with Gasteiger partial charge in [0.05, 0.1) is 5.56 Å². The van der Waals surface area contributed by atoms with Crippen molar-refractivity contribution >= 4 is 5.91 Å². The predicted molar refractivity (Wildman–Crippen MR) is 75.8 cm³/mol. The molecule has 0 bridgehead atoms. The largest absolute Gasteiger partial charge is 0.384 e. The summed E-state index contributed by atoms with van der Waals surface area (Å²) in [6.07, 6.45) is 0. The monoisotopic (exact) mass is 278 g/mol. The molecular weight excluding hydrogens is 259 g/mol. The zero-order chi connectivity index (χ0) is 15.1. The summed E-state index contributed by atoms with van der Waals surface area (Å²) >= 11 is 0. The van der Waals surface area contributed by atoms with Crippen molar-refractivity contribution in [3.8, 4) is 11.8 Å². The van der Waals surface area contributed by atoms with Crippen LogP contribution in [0.5, 0.6) is 0 Å². The van der Waals surface area contributed by atoms with Gasteiger partial charge in [-0.15, -0.1) is 0 Å². The molecule has 20 heavy (non-hydrogen) atoms. The molecule has 4 nitrogen and oxygen atoms in total. The fraction of sp³-hybridized carbons (Fsp3) is 0.400. The number of carbonyl (C=O) groups is 1. The van der Waals surface area contributed by atoms with Crippen LogP contribution in [0.15, 0.2) is 18.2 Å². The van der Waals surface area contributed by atoms with E-state index in [0.29, 0.717) is 12.1 Å². The molecule has 0 saturated carbocycles. The maximum absolute atomic E-state index is 13.3. The summed E-state index contributed by atoms with van der Waals surface area (Å²) in [4.78, 5) is 14.1. The molecule has 0 spiro atoms. The van der Waals surface area contributed by atoms with Crippen LogP contribution >= 0.6 is 0 Å². The van der Waals surface area contributed by atoms with Crippen molar-refractivity contribution in [3.05, 3.63) is 35.1 Å². The Balaban J connectivity index is 2.93. The van der Waals surface area contributed by atoms with Crippen molar-refractivity contribution < 1.29 is 14.3 Å². The van der Waals surface area contributed by atoms with Gasteiger partial charge >= 0.3 is 0 Å². The van der Waals surface area contributed by atoms with Crippen LogP contribution in [0.3, 0.4) is 0 Å². The summed E-state index contributed by atoms with van der Waals surface area (Å²) in [5.74, 6) is 4.24. The average molecular weight is 278 g/mol. The van der Waals surface area contributed by atoms with Gasteiger partial charge < -0.3 is 15.3 Å². The van der Waals surface area contributed by atoms with Crippen LogP contribution in [0.1, 0.15) is 22.8 Å². The molecule has 1 unspecified atom stereocenters. The lowest BCUT2D eigenvalue weighted by atomic mass is 10.1. The SMILES string of the molecule is CC(CN(C)C)NC(=O)c1cc(F)ccc1C#CCO. The van der Waals surface area contributed by atoms with Gasteiger partial charge in [-0.2, -0.15) is 0 Å². The molecule has 1 aromatic rings. The molecule has 0 radical (unpaired) electrons. The summed E-state index contributed by atoms with van der Waals surface area (Å²) in [5, 5.41) is 11.5. The number of rotatable bonds is 4. The number of aliphatic hydroxyl groups is 1. The summed E-state index contributed by atoms with van der Waals surface area (Å²) in [6, 6.07) is 3.75. The molecule has 0 fully saturated rings. The molecule has 2 N–H and O–H groups in total. The second-order valence-corrected chi connectivity index (χ2v) is 4.79. The van der Waals surface area contributed by atoms with Crippen LogP contribution < -0.4 is 5.32 Å². The van der Waals surface area contributed by atoms with Crippen LogP contribution in [-0.2, 0) is 0 Å². The minimum absolute atomic E-state index is 0.0700. The van der Waals surface area contributed by atoms with E-state index in [4.69, 9.17) is 5.11 Å². The van der Waals surface area contributed by atoms with Crippen LogP contribution in [0.2, 0.25) is 0 Å². The van der Waals surface area contributed by atoms with Crippen LogP contribution in [0.25, 0.3) is 0 Å². The van der Waals surface area contributed by atoms with E-state index >= 15 is 0 Å². The van der Waals surface area contributed by atoms with Gasteiger partial charge in [-0.25, -0.2) is 4.39 Å². The lowest BCUT2D eigenvalue weighted by Crippen LogP contribution is -2.39. The van der Waals surface area contributed by atoms with Gasteiger partial charge in [0.2, 0.25) is 0 Å². The number of hydrogen-bond donors (Lipinski definition) is 2. The number of benzene rings is 1. The lowest BCUT2D eigenvalue weighted by molar-refractivity contribution is 0.0933. The summed E-state index contributed by atoms with van der Waals surface area (Å²) < 4.78 is 13.3. The molecule has 0 aliphatic rings. The van der Waals surface area contributed by atoms with E-state index in [1.165, 1.54) is 12.1 Å². The highest BCUT2D eigenvalue weighted by Gasteiger charge is 2.14. The molecule has 1 atom stereocenters. The van der Waals surface area contributed by atoms with Crippen LogP contribution in [0, 0.1) is 17.7 Å². The number of halogens is 1. The highest BCUT2D eigenvalue weighted by molar-refractivity contribution is 5.96. The number of likely N-dealkylation sites (N-methyl/N-ethyl adjacent to an activating group) is 1. The average Bonchev–Trinajstić information content (AvgIpc) is 2.36. The Morgan fingerprint density at radius 3 is 2.80 bits per heavy atom. The zero-order valence-electron chi connectivity index (χ0n) is 11.9. The van der Waals surface area contributed by atoms with Crippen molar-refractivity contribution in [2.45, 2.75) is 13.0 Å². The summed E-state index contributed by atoms with van der Waals surface area (Å²) in [7, 11) is 3.81. The molecule has 0 heterocycles. The number of carbonyl (C=O) groups excluding carboxylic acids is 1. The van der Waals surface area contributed by atoms with Crippen molar-refractivity contribution in [2.75, 3.05) is 27.2 Å². The Bertz CT molecular complexity index is 532. The maximum atomic E-state index is 13.3. The number of nitrogens with one attached hydrogen (secondary N) is 1. The Morgan fingerprint density at radius 1 is 1.50 bits per heavy atom. The third kappa shape index (κ3) is 5.00. The topological polar surface area (TPSA) is 52.6 Å². The van der Waals surface area contributed by atoms with Crippen molar-refractivity contribution in [3.63, 3.8) is 0 Å². The van der Waals surface area contributed by atoms with Gasteiger partial charge in [0.25, 0.3) is 5.91 Å². The molecule has 108 valence electrons. The normalized spacial score (nSPS) is 11.7. The third-order valence-corrected chi connectivity index (χ3v) is 2.54. The standard InChI is InChI=1S/C15H19FN2O2/c1-11(10-18(2)3)17-15(20)14-9-13(16)7-6-12(14)5-4-8-19/h6-7,9,11,19H,8,10H2,1-3H3,(H,17,20). The van der Waals surface area contributed by atoms with Gasteiger partial charge in [0.15, 0.2) is 0 Å². The fourth-order valence-corrected chi connectivity index (χ4v) is 1.84. The quantitative estimate of drug-likeness (QED) is 0.803. The maximum Gasteiger partial charge on any atom is 0.252 e. The van der Waals surface area contributed by atoms with E-state index in [1.807, 2.05) is 25.9 Å². The van der Waals surface area contributed by atoms with E-state index in [0.717, 1.165) is 6.07 Å². The molecule has 1 amide bonds. The van der Waals surface area contributed by atoms with Gasteiger partial charge in [-0.3, -0.25) is 4.79 Å². The molecule has 0 saturated heterocycles. The third-order valence-electron chi connectivity index (χ3n) is 2.54. The first-order valence-corrected chi connectivity index (χ1v) is 6.29. The number of hydrogen-bond acceptors (Lipinski definition) is 3. The predicted octanol–water partition coefficient (Wildman–Crippen LogP) is 0.849. The van der Waals surface area contributed by atoms with Crippen molar-refractivity contribution in [1.29, 1.82) is 0 Å².